The maximum Gasteiger partial charge on any atom is 0.273 e. The Bertz CT molecular complexity index is 987. The van der Waals surface area contributed by atoms with Crippen LogP contribution in [-0.2, 0) is 0 Å². The van der Waals surface area contributed by atoms with Crippen LogP contribution in [0.15, 0.2) is 41.0 Å². The van der Waals surface area contributed by atoms with Crippen LogP contribution < -0.4 is 5.32 Å². The van der Waals surface area contributed by atoms with E-state index in [2.05, 4.69) is 26.5 Å². The summed E-state index contributed by atoms with van der Waals surface area (Å²) in [7, 11) is 0. The summed E-state index contributed by atoms with van der Waals surface area (Å²) in [5, 5.41) is 12.0. The normalized spacial score (nSPS) is 15.6. The van der Waals surface area contributed by atoms with E-state index in [1.165, 1.54) is 18.4 Å². The molecule has 3 aromatic rings. The Balaban J connectivity index is 1.50. The Morgan fingerprint density at radius 1 is 1.17 bits per heavy atom. The fraction of sp³-hybridized carbons (Fsp3) is 0.409. The van der Waals surface area contributed by atoms with Gasteiger partial charge in [-0.2, -0.15) is 9.90 Å². The lowest BCUT2D eigenvalue weighted by molar-refractivity contribution is 0.0927. The molecule has 1 aliphatic heterocycles. The van der Waals surface area contributed by atoms with Crippen LogP contribution in [0.1, 0.15) is 52.0 Å². The first kappa shape index (κ1) is 19.4. The molecule has 0 spiro atoms. The van der Waals surface area contributed by atoms with E-state index in [4.69, 9.17) is 4.42 Å². The van der Waals surface area contributed by atoms with E-state index in [9.17, 15) is 4.79 Å². The third-order valence-corrected chi connectivity index (χ3v) is 5.47. The summed E-state index contributed by atoms with van der Waals surface area (Å²) in [6.07, 6.45) is 4.03. The summed E-state index contributed by atoms with van der Waals surface area (Å²) in [5.41, 5.74) is 4.09. The van der Waals surface area contributed by atoms with Crippen LogP contribution >= 0.6 is 0 Å². The van der Waals surface area contributed by atoms with E-state index in [1.54, 1.807) is 11.1 Å². The van der Waals surface area contributed by atoms with Gasteiger partial charge in [-0.25, -0.2) is 0 Å². The topological polar surface area (TPSA) is 76.2 Å². The Morgan fingerprint density at radius 2 is 1.97 bits per heavy atom. The quantitative estimate of drug-likeness (QED) is 0.695. The van der Waals surface area contributed by atoms with Crippen LogP contribution in [-0.4, -0.2) is 45.4 Å². The molecule has 0 unspecified atom stereocenters. The zero-order chi connectivity index (χ0) is 20.4. The number of likely N-dealkylation sites (tertiary alicyclic amines) is 1. The number of amides is 1. The molecule has 1 amide bonds. The molecule has 1 atom stereocenters. The molecule has 1 fully saturated rings. The third kappa shape index (κ3) is 4.10. The third-order valence-electron chi connectivity index (χ3n) is 5.47. The number of hydrogen-bond donors (Lipinski definition) is 1. The molecule has 1 saturated heterocycles. The Morgan fingerprint density at radius 3 is 2.66 bits per heavy atom. The van der Waals surface area contributed by atoms with Gasteiger partial charge in [0.25, 0.3) is 5.91 Å². The number of benzene rings is 1. The molecule has 0 radical (unpaired) electrons. The van der Waals surface area contributed by atoms with E-state index in [0.717, 1.165) is 30.1 Å². The molecule has 7 nitrogen and oxygen atoms in total. The Hall–Kier alpha value is -2.93. The molecule has 3 heterocycles. The van der Waals surface area contributed by atoms with Crippen molar-refractivity contribution >= 4 is 5.91 Å². The van der Waals surface area contributed by atoms with Gasteiger partial charge in [-0.15, -0.1) is 5.10 Å². The van der Waals surface area contributed by atoms with Gasteiger partial charge in [0.15, 0.2) is 5.69 Å². The minimum Gasteiger partial charge on any atom is -0.468 e. The summed E-state index contributed by atoms with van der Waals surface area (Å²) in [5.74, 6) is 0.664. The van der Waals surface area contributed by atoms with Crippen molar-refractivity contribution in [3.63, 3.8) is 0 Å². The van der Waals surface area contributed by atoms with Crippen molar-refractivity contribution in [3.05, 3.63) is 64.9 Å². The highest BCUT2D eigenvalue weighted by Gasteiger charge is 2.27. The van der Waals surface area contributed by atoms with Crippen LogP contribution in [0.3, 0.4) is 0 Å². The molecule has 1 aliphatic rings. The van der Waals surface area contributed by atoms with Crippen molar-refractivity contribution in [2.75, 3.05) is 19.6 Å². The average molecular weight is 393 g/mol. The molecular formula is C22H27N5O2. The first-order valence-electron chi connectivity index (χ1n) is 10.1. The zero-order valence-electron chi connectivity index (χ0n) is 17.2. The maximum atomic E-state index is 12.9. The van der Waals surface area contributed by atoms with E-state index in [-0.39, 0.29) is 11.9 Å². The van der Waals surface area contributed by atoms with Crippen molar-refractivity contribution in [2.45, 2.75) is 39.7 Å². The molecule has 29 heavy (non-hydrogen) atoms. The molecule has 152 valence electrons. The van der Waals surface area contributed by atoms with Crippen LogP contribution in [0.2, 0.25) is 0 Å². The highest BCUT2D eigenvalue weighted by molar-refractivity contribution is 5.93. The Labute approximate surface area is 170 Å². The average Bonchev–Trinajstić information content (AvgIpc) is 3.44. The van der Waals surface area contributed by atoms with Gasteiger partial charge in [-0.1, -0.05) is 17.7 Å². The van der Waals surface area contributed by atoms with Crippen molar-refractivity contribution in [2.24, 2.45) is 0 Å². The Kier molecular flexibility index (Phi) is 5.49. The van der Waals surface area contributed by atoms with E-state index in [1.807, 2.05) is 45.0 Å². The first-order valence-corrected chi connectivity index (χ1v) is 10.1. The largest absolute Gasteiger partial charge is 0.468 e. The number of aryl methyl sites for hydroxylation is 3. The van der Waals surface area contributed by atoms with Crippen LogP contribution in [0.5, 0.6) is 0 Å². The lowest BCUT2D eigenvalue weighted by Crippen LogP contribution is -2.37. The summed E-state index contributed by atoms with van der Waals surface area (Å²) in [4.78, 5) is 16.8. The van der Waals surface area contributed by atoms with Gasteiger partial charge >= 0.3 is 0 Å². The molecule has 7 heteroatoms. The number of furan rings is 1. The van der Waals surface area contributed by atoms with E-state index >= 15 is 0 Å². The van der Waals surface area contributed by atoms with Crippen molar-refractivity contribution in [1.29, 1.82) is 0 Å². The number of carbonyl (C=O) groups is 1. The first-order chi connectivity index (χ1) is 14.0. The molecule has 0 bridgehead atoms. The summed E-state index contributed by atoms with van der Waals surface area (Å²) < 4.78 is 5.63. The molecule has 4 rings (SSSR count). The number of aromatic nitrogens is 3. The van der Waals surface area contributed by atoms with Gasteiger partial charge in [-0.3, -0.25) is 9.69 Å². The van der Waals surface area contributed by atoms with Crippen LogP contribution in [0, 0.1) is 20.8 Å². The molecule has 2 aromatic heterocycles. The summed E-state index contributed by atoms with van der Waals surface area (Å²) in [6.45, 7) is 8.39. The second-order valence-electron chi connectivity index (χ2n) is 7.70. The van der Waals surface area contributed by atoms with Gasteiger partial charge < -0.3 is 9.73 Å². The van der Waals surface area contributed by atoms with E-state index in [0.29, 0.717) is 17.9 Å². The summed E-state index contributed by atoms with van der Waals surface area (Å²) >= 11 is 0. The highest BCUT2D eigenvalue weighted by atomic mass is 16.3. The van der Waals surface area contributed by atoms with Gasteiger partial charge in [0.2, 0.25) is 0 Å². The SMILES string of the molecule is Cc1ccc(-n2nc(C)c(C(=O)NC[C@@H](c3ccco3)N3CCCC3)n2)c(C)c1. The standard InChI is InChI=1S/C22H27N5O2/c1-15-8-9-18(16(2)13-15)27-24-17(3)21(25-27)22(28)23-14-19(20-7-6-12-29-20)26-10-4-5-11-26/h6-9,12-13,19H,4-5,10-11,14H2,1-3H3,(H,23,28)/t19-/m0/s1. The minimum absolute atomic E-state index is 0.0335. The van der Waals surface area contributed by atoms with Gasteiger partial charge in [0, 0.05) is 6.54 Å². The van der Waals surface area contributed by atoms with E-state index < -0.39 is 0 Å². The smallest absolute Gasteiger partial charge is 0.273 e. The number of hydrogen-bond acceptors (Lipinski definition) is 5. The number of carbonyl (C=O) groups excluding carboxylic acids is 1. The second kappa shape index (κ2) is 8.21. The number of nitrogens with zero attached hydrogens (tertiary/aromatic N) is 4. The number of rotatable bonds is 6. The van der Waals surface area contributed by atoms with Crippen LogP contribution in [0.25, 0.3) is 5.69 Å². The fourth-order valence-electron chi connectivity index (χ4n) is 3.94. The predicted molar refractivity (Wildman–Crippen MR) is 110 cm³/mol. The predicted octanol–water partition coefficient (Wildman–Crippen LogP) is 3.35. The molecule has 0 aliphatic carbocycles. The van der Waals surface area contributed by atoms with Crippen molar-refractivity contribution in [1.82, 2.24) is 25.2 Å². The van der Waals surface area contributed by atoms with Crippen molar-refractivity contribution < 1.29 is 9.21 Å². The summed E-state index contributed by atoms with van der Waals surface area (Å²) in [6, 6.07) is 9.97. The van der Waals surface area contributed by atoms with Gasteiger partial charge in [0.1, 0.15) is 5.76 Å². The second-order valence-corrected chi connectivity index (χ2v) is 7.70. The monoisotopic (exact) mass is 393 g/mol. The van der Waals surface area contributed by atoms with Gasteiger partial charge in [-0.05, 0) is 70.5 Å². The molecule has 1 aromatic carbocycles. The minimum atomic E-state index is -0.214. The lowest BCUT2D eigenvalue weighted by Gasteiger charge is -2.25. The molecule has 1 N–H and O–H groups in total. The van der Waals surface area contributed by atoms with Crippen molar-refractivity contribution in [3.8, 4) is 5.69 Å². The van der Waals surface area contributed by atoms with Gasteiger partial charge in [0.05, 0.1) is 23.7 Å². The maximum absolute atomic E-state index is 12.9. The fourth-order valence-corrected chi connectivity index (χ4v) is 3.94. The highest BCUT2D eigenvalue weighted by Crippen LogP contribution is 2.25. The lowest BCUT2D eigenvalue weighted by atomic mass is 10.1. The zero-order valence-corrected chi connectivity index (χ0v) is 17.2. The van der Waals surface area contributed by atoms with Crippen LogP contribution in [0.4, 0.5) is 0 Å². The molecular weight excluding hydrogens is 366 g/mol. The number of nitrogens with one attached hydrogen (secondary N) is 1. The molecule has 0 saturated carbocycles.